The number of anilines is 1. The van der Waals surface area contributed by atoms with E-state index in [9.17, 15) is 4.79 Å². The lowest BCUT2D eigenvalue weighted by Gasteiger charge is -2.18. The van der Waals surface area contributed by atoms with E-state index >= 15 is 0 Å². The summed E-state index contributed by atoms with van der Waals surface area (Å²) in [5.74, 6) is 1.26. The Morgan fingerprint density at radius 2 is 2.12 bits per heavy atom. The summed E-state index contributed by atoms with van der Waals surface area (Å²) in [4.78, 5) is 20.9. The van der Waals surface area contributed by atoms with Crippen LogP contribution in [-0.4, -0.2) is 16.0 Å². The number of pyridine rings is 1. The van der Waals surface area contributed by atoms with Gasteiger partial charge in [-0.3, -0.25) is 4.98 Å². The zero-order valence-electron chi connectivity index (χ0n) is 14.3. The van der Waals surface area contributed by atoms with E-state index < -0.39 is 0 Å². The molecule has 1 aliphatic carbocycles. The maximum Gasteiger partial charge on any atom is 0.319 e. The molecule has 1 atom stereocenters. The molecule has 0 saturated heterocycles. The third-order valence-corrected chi connectivity index (χ3v) is 4.40. The van der Waals surface area contributed by atoms with Crippen molar-refractivity contribution in [3.63, 3.8) is 0 Å². The molecule has 132 valence electrons. The van der Waals surface area contributed by atoms with Crippen LogP contribution in [0.1, 0.15) is 42.7 Å². The van der Waals surface area contributed by atoms with Gasteiger partial charge in [0, 0.05) is 24.0 Å². The first kappa shape index (κ1) is 16.3. The molecular formula is C20H20N4O2. The Balaban J connectivity index is 1.46. The smallest absolute Gasteiger partial charge is 0.319 e. The first-order valence-corrected chi connectivity index (χ1v) is 8.72. The van der Waals surface area contributed by atoms with Gasteiger partial charge < -0.3 is 15.1 Å². The van der Waals surface area contributed by atoms with Gasteiger partial charge in [-0.1, -0.05) is 6.08 Å². The predicted octanol–water partition coefficient (Wildman–Crippen LogP) is 4.54. The number of rotatable bonds is 6. The van der Waals surface area contributed by atoms with Crippen LogP contribution in [-0.2, 0) is 0 Å². The van der Waals surface area contributed by atoms with Gasteiger partial charge in [0.25, 0.3) is 0 Å². The number of amides is 2. The van der Waals surface area contributed by atoms with E-state index in [0.717, 1.165) is 35.4 Å². The molecule has 3 aromatic rings. The number of hydrogen-bond acceptors (Lipinski definition) is 4. The zero-order chi connectivity index (χ0) is 17.9. The number of hydrogen-bond donors (Lipinski definition) is 2. The molecule has 1 aromatic carbocycles. The SMILES string of the molecule is C=CC[C@H](NC(=O)Nc1ccc2oc(C3CC3)nc2c1)c1ccncc1. The van der Waals surface area contributed by atoms with Crippen molar-refractivity contribution in [1.29, 1.82) is 0 Å². The zero-order valence-corrected chi connectivity index (χ0v) is 14.3. The van der Waals surface area contributed by atoms with Crippen LogP contribution in [0.5, 0.6) is 0 Å². The van der Waals surface area contributed by atoms with E-state index in [4.69, 9.17) is 4.42 Å². The lowest BCUT2D eigenvalue weighted by Crippen LogP contribution is -2.32. The van der Waals surface area contributed by atoms with E-state index in [1.54, 1.807) is 18.5 Å². The second kappa shape index (κ2) is 7.00. The summed E-state index contributed by atoms with van der Waals surface area (Å²) in [6.07, 6.45) is 8.11. The Kier molecular flexibility index (Phi) is 4.39. The van der Waals surface area contributed by atoms with E-state index in [0.29, 0.717) is 18.0 Å². The lowest BCUT2D eigenvalue weighted by molar-refractivity contribution is 0.248. The Labute approximate surface area is 151 Å². The Morgan fingerprint density at radius 1 is 1.31 bits per heavy atom. The van der Waals surface area contributed by atoms with Crippen molar-refractivity contribution in [3.8, 4) is 0 Å². The highest BCUT2D eigenvalue weighted by molar-refractivity contribution is 5.91. The molecular weight excluding hydrogens is 328 g/mol. The molecule has 0 unspecified atom stereocenters. The predicted molar refractivity (Wildman–Crippen MR) is 99.9 cm³/mol. The molecule has 0 spiro atoms. The first-order chi connectivity index (χ1) is 12.7. The van der Waals surface area contributed by atoms with Crippen LogP contribution < -0.4 is 10.6 Å². The molecule has 4 rings (SSSR count). The number of aromatic nitrogens is 2. The number of carbonyl (C=O) groups is 1. The van der Waals surface area contributed by atoms with Gasteiger partial charge in [-0.05, 0) is 55.2 Å². The van der Waals surface area contributed by atoms with Crippen LogP contribution >= 0.6 is 0 Å². The average Bonchev–Trinajstić information content (AvgIpc) is 3.41. The highest BCUT2D eigenvalue weighted by Crippen LogP contribution is 2.40. The number of fused-ring (bicyclic) bond motifs is 1. The normalized spacial score (nSPS) is 14.8. The largest absolute Gasteiger partial charge is 0.440 e. The maximum atomic E-state index is 12.4. The van der Waals surface area contributed by atoms with E-state index in [2.05, 4.69) is 27.2 Å². The summed E-state index contributed by atoms with van der Waals surface area (Å²) in [5, 5.41) is 5.84. The fourth-order valence-corrected chi connectivity index (χ4v) is 2.89. The highest BCUT2D eigenvalue weighted by Gasteiger charge is 2.28. The average molecular weight is 348 g/mol. The summed E-state index contributed by atoms with van der Waals surface area (Å²) in [6.45, 7) is 3.77. The van der Waals surface area contributed by atoms with Gasteiger partial charge in [0.05, 0.1) is 6.04 Å². The van der Waals surface area contributed by atoms with Crippen molar-refractivity contribution in [2.24, 2.45) is 0 Å². The number of nitrogens with zero attached hydrogens (tertiary/aromatic N) is 2. The van der Waals surface area contributed by atoms with E-state index in [-0.39, 0.29) is 12.1 Å². The molecule has 2 N–H and O–H groups in total. The van der Waals surface area contributed by atoms with Crippen molar-refractivity contribution in [1.82, 2.24) is 15.3 Å². The molecule has 26 heavy (non-hydrogen) atoms. The second-order valence-electron chi connectivity index (χ2n) is 6.46. The van der Waals surface area contributed by atoms with Gasteiger partial charge in [-0.15, -0.1) is 6.58 Å². The third-order valence-electron chi connectivity index (χ3n) is 4.40. The topological polar surface area (TPSA) is 80.0 Å². The van der Waals surface area contributed by atoms with Gasteiger partial charge in [-0.25, -0.2) is 9.78 Å². The molecule has 0 bridgehead atoms. The summed E-state index contributed by atoms with van der Waals surface area (Å²) >= 11 is 0. The quantitative estimate of drug-likeness (QED) is 0.641. The molecule has 2 heterocycles. The summed E-state index contributed by atoms with van der Waals surface area (Å²) in [7, 11) is 0. The van der Waals surface area contributed by atoms with Crippen LogP contribution in [0.3, 0.4) is 0 Å². The monoisotopic (exact) mass is 348 g/mol. The maximum absolute atomic E-state index is 12.4. The minimum atomic E-state index is -0.279. The highest BCUT2D eigenvalue weighted by atomic mass is 16.3. The molecule has 1 fully saturated rings. The summed E-state index contributed by atoms with van der Waals surface area (Å²) in [5.41, 5.74) is 3.18. The van der Waals surface area contributed by atoms with Gasteiger partial charge in [0.15, 0.2) is 11.5 Å². The first-order valence-electron chi connectivity index (χ1n) is 8.72. The molecule has 6 nitrogen and oxygen atoms in total. The van der Waals surface area contributed by atoms with Crippen LogP contribution in [0.25, 0.3) is 11.1 Å². The van der Waals surface area contributed by atoms with Crippen molar-refractivity contribution < 1.29 is 9.21 Å². The van der Waals surface area contributed by atoms with Crippen LogP contribution in [0, 0.1) is 0 Å². The fraction of sp³-hybridized carbons (Fsp3) is 0.250. The van der Waals surface area contributed by atoms with Crippen LogP contribution in [0.15, 0.2) is 59.8 Å². The van der Waals surface area contributed by atoms with E-state index in [1.165, 1.54) is 0 Å². The number of nitrogens with one attached hydrogen (secondary N) is 2. The standard InChI is InChI=1S/C20H20N4O2/c1-2-3-16(13-8-10-21-11-9-13)24-20(25)22-15-6-7-18-17(12-15)23-19(26-18)14-4-5-14/h2,6-12,14,16H,1,3-5H2,(H2,22,24,25)/t16-/m0/s1. The number of carbonyl (C=O) groups excluding carboxylic acids is 1. The molecule has 6 heteroatoms. The third kappa shape index (κ3) is 3.59. The lowest BCUT2D eigenvalue weighted by atomic mass is 10.1. The van der Waals surface area contributed by atoms with Crippen molar-refractivity contribution in [2.45, 2.75) is 31.2 Å². The molecule has 1 aliphatic rings. The Morgan fingerprint density at radius 3 is 2.85 bits per heavy atom. The van der Waals surface area contributed by atoms with Crippen LogP contribution in [0.4, 0.5) is 10.5 Å². The second-order valence-corrected chi connectivity index (χ2v) is 6.46. The van der Waals surface area contributed by atoms with Gasteiger partial charge in [0.2, 0.25) is 0 Å². The minimum absolute atomic E-state index is 0.159. The van der Waals surface area contributed by atoms with Crippen molar-refractivity contribution in [2.75, 3.05) is 5.32 Å². The fourth-order valence-electron chi connectivity index (χ4n) is 2.89. The van der Waals surface area contributed by atoms with Crippen molar-refractivity contribution >= 4 is 22.8 Å². The van der Waals surface area contributed by atoms with Crippen LogP contribution in [0.2, 0.25) is 0 Å². The Hall–Kier alpha value is -3.15. The number of urea groups is 1. The molecule has 0 radical (unpaired) electrons. The van der Waals surface area contributed by atoms with Gasteiger partial charge >= 0.3 is 6.03 Å². The Bertz CT molecular complexity index is 931. The van der Waals surface area contributed by atoms with Gasteiger partial charge in [-0.2, -0.15) is 0 Å². The number of benzene rings is 1. The summed E-state index contributed by atoms with van der Waals surface area (Å²) in [6, 6.07) is 8.82. The molecule has 0 aliphatic heterocycles. The van der Waals surface area contributed by atoms with Gasteiger partial charge in [0.1, 0.15) is 5.52 Å². The molecule has 2 amide bonds. The number of oxazole rings is 1. The van der Waals surface area contributed by atoms with Crippen molar-refractivity contribution in [3.05, 3.63) is 66.8 Å². The minimum Gasteiger partial charge on any atom is -0.440 e. The molecule has 2 aromatic heterocycles. The molecule has 1 saturated carbocycles. The summed E-state index contributed by atoms with van der Waals surface area (Å²) < 4.78 is 5.75. The van der Waals surface area contributed by atoms with E-state index in [1.807, 2.05) is 30.3 Å².